The minimum absolute atomic E-state index is 0.00472. The molecule has 0 saturated carbocycles. The van der Waals surface area contributed by atoms with Crippen LogP contribution in [0.4, 0.5) is 10.2 Å². The van der Waals surface area contributed by atoms with E-state index in [1.165, 1.54) is 12.6 Å². The number of nitrogens with one attached hydrogen (secondary N) is 1. The highest BCUT2D eigenvalue weighted by Gasteiger charge is 2.28. The molecule has 1 aliphatic heterocycles. The second kappa shape index (κ2) is 5.91. The molecule has 1 aliphatic rings. The summed E-state index contributed by atoms with van der Waals surface area (Å²) in [4.78, 5) is 6.69. The summed E-state index contributed by atoms with van der Waals surface area (Å²) in [7, 11) is 0. The molecule has 4 heteroatoms. The van der Waals surface area contributed by atoms with Crippen LogP contribution in [-0.4, -0.2) is 23.6 Å². The normalized spacial score (nSPS) is 18.9. The van der Waals surface area contributed by atoms with Gasteiger partial charge < -0.3 is 10.2 Å². The first-order chi connectivity index (χ1) is 9.66. The number of piperidine rings is 1. The van der Waals surface area contributed by atoms with Crippen LogP contribution in [0.1, 0.15) is 53.0 Å². The van der Waals surface area contributed by atoms with Gasteiger partial charge in [-0.1, -0.05) is 13.8 Å². The van der Waals surface area contributed by atoms with Crippen molar-refractivity contribution in [2.45, 2.75) is 59.5 Å². The Hall–Kier alpha value is -1.16. The van der Waals surface area contributed by atoms with Crippen LogP contribution in [0.25, 0.3) is 0 Å². The van der Waals surface area contributed by atoms with Crippen molar-refractivity contribution in [1.29, 1.82) is 0 Å². The van der Waals surface area contributed by atoms with E-state index >= 15 is 0 Å². The number of rotatable bonds is 3. The van der Waals surface area contributed by atoms with Crippen LogP contribution >= 0.6 is 0 Å². The third-order valence-electron chi connectivity index (χ3n) is 3.92. The van der Waals surface area contributed by atoms with Crippen LogP contribution in [0.5, 0.6) is 0 Å². The van der Waals surface area contributed by atoms with Gasteiger partial charge in [0, 0.05) is 30.7 Å². The molecule has 1 saturated heterocycles. The molecule has 0 atom stereocenters. The van der Waals surface area contributed by atoms with Crippen LogP contribution < -0.4 is 10.2 Å². The minimum atomic E-state index is -0.263. The quantitative estimate of drug-likeness (QED) is 0.920. The molecule has 2 heterocycles. The number of hydrogen-bond donors (Lipinski definition) is 1. The van der Waals surface area contributed by atoms with Gasteiger partial charge in [0.2, 0.25) is 0 Å². The predicted octanol–water partition coefficient (Wildman–Crippen LogP) is 3.74. The summed E-state index contributed by atoms with van der Waals surface area (Å²) in [5.41, 5.74) is 1.25. The van der Waals surface area contributed by atoms with E-state index in [0.717, 1.165) is 30.9 Å². The van der Waals surface area contributed by atoms with E-state index in [4.69, 9.17) is 0 Å². The number of nitrogens with zero attached hydrogens (tertiary/aromatic N) is 2. The average molecular weight is 293 g/mol. The zero-order valence-electron chi connectivity index (χ0n) is 14.0. The highest BCUT2D eigenvalue weighted by atomic mass is 19.1. The van der Waals surface area contributed by atoms with Crippen LogP contribution in [0.3, 0.4) is 0 Å². The molecule has 3 nitrogen and oxygen atoms in total. The third kappa shape index (κ3) is 4.67. The highest BCUT2D eigenvalue weighted by Crippen LogP contribution is 2.32. The van der Waals surface area contributed by atoms with Gasteiger partial charge in [0.25, 0.3) is 0 Å². The Labute approximate surface area is 127 Å². The van der Waals surface area contributed by atoms with Gasteiger partial charge in [-0.25, -0.2) is 9.37 Å². The maximum absolute atomic E-state index is 13.6. The molecule has 0 aromatic carbocycles. The Morgan fingerprint density at radius 3 is 2.71 bits per heavy atom. The number of anilines is 1. The number of hydrogen-bond acceptors (Lipinski definition) is 3. The molecule has 0 unspecified atom stereocenters. The molecule has 0 amide bonds. The van der Waals surface area contributed by atoms with Crippen molar-refractivity contribution in [1.82, 2.24) is 10.3 Å². The lowest BCUT2D eigenvalue weighted by Crippen LogP contribution is -2.42. The molecule has 1 aromatic rings. The average Bonchev–Trinajstić information content (AvgIpc) is 2.34. The fraction of sp³-hybridized carbons (Fsp3) is 0.706. The van der Waals surface area contributed by atoms with Crippen molar-refractivity contribution < 1.29 is 4.39 Å². The van der Waals surface area contributed by atoms with Gasteiger partial charge in [0.1, 0.15) is 11.6 Å². The van der Waals surface area contributed by atoms with Crippen molar-refractivity contribution >= 4 is 5.82 Å². The molecule has 118 valence electrons. The van der Waals surface area contributed by atoms with Crippen molar-refractivity contribution in [2.24, 2.45) is 5.41 Å². The van der Waals surface area contributed by atoms with Crippen molar-refractivity contribution in [3.63, 3.8) is 0 Å². The third-order valence-corrected chi connectivity index (χ3v) is 3.92. The molecular formula is C17H28FN3. The smallest absolute Gasteiger partial charge is 0.141 e. The number of aromatic nitrogens is 1. The topological polar surface area (TPSA) is 28.2 Å². The second-order valence-corrected chi connectivity index (χ2v) is 7.93. The second-order valence-electron chi connectivity index (χ2n) is 7.93. The van der Waals surface area contributed by atoms with Crippen LogP contribution in [-0.2, 0) is 6.54 Å². The lowest BCUT2D eigenvalue weighted by atomic mass is 9.84. The maximum Gasteiger partial charge on any atom is 0.141 e. The molecule has 0 aliphatic carbocycles. The van der Waals surface area contributed by atoms with E-state index in [-0.39, 0.29) is 11.4 Å². The molecule has 1 fully saturated rings. The fourth-order valence-corrected chi connectivity index (χ4v) is 2.85. The monoisotopic (exact) mass is 293 g/mol. The number of halogens is 1. The standard InChI is InChI=1S/C17H28FN3/c1-16(2,3)20-10-13-9-14(18)11-19-15(13)21-8-6-7-17(4,5)12-21/h9,11,20H,6-8,10,12H2,1-5H3. The van der Waals surface area contributed by atoms with Crippen LogP contribution in [0.15, 0.2) is 12.3 Å². The van der Waals surface area contributed by atoms with Gasteiger partial charge in [0.15, 0.2) is 0 Å². The van der Waals surface area contributed by atoms with Crippen molar-refractivity contribution in [3.8, 4) is 0 Å². The molecule has 0 bridgehead atoms. The predicted molar refractivity (Wildman–Crippen MR) is 86.0 cm³/mol. The Morgan fingerprint density at radius 1 is 1.38 bits per heavy atom. The number of pyridine rings is 1. The van der Waals surface area contributed by atoms with Gasteiger partial charge in [-0.05, 0) is 45.1 Å². The Bertz CT molecular complexity index is 491. The van der Waals surface area contributed by atoms with Gasteiger partial charge >= 0.3 is 0 Å². The van der Waals surface area contributed by atoms with Crippen LogP contribution in [0, 0.1) is 11.2 Å². The zero-order valence-corrected chi connectivity index (χ0v) is 14.0. The molecule has 1 aromatic heterocycles. The first kappa shape index (κ1) is 16.2. The van der Waals surface area contributed by atoms with Crippen molar-refractivity contribution in [2.75, 3.05) is 18.0 Å². The summed E-state index contributed by atoms with van der Waals surface area (Å²) >= 11 is 0. The summed E-state index contributed by atoms with van der Waals surface area (Å²) in [6.45, 7) is 13.5. The molecule has 1 N–H and O–H groups in total. The summed E-state index contributed by atoms with van der Waals surface area (Å²) in [5, 5.41) is 3.43. The van der Waals surface area contributed by atoms with Gasteiger partial charge in [-0.2, -0.15) is 0 Å². The molecule has 0 spiro atoms. The van der Waals surface area contributed by atoms with E-state index in [1.807, 2.05) is 0 Å². The Balaban J connectivity index is 2.22. The van der Waals surface area contributed by atoms with E-state index in [9.17, 15) is 4.39 Å². The van der Waals surface area contributed by atoms with Gasteiger partial charge in [-0.3, -0.25) is 0 Å². The molecule has 0 radical (unpaired) electrons. The largest absolute Gasteiger partial charge is 0.356 e. The van der Waals surface area contributed by atoms with Gasteiger partial charge in [0.05, 0.1) is 6.20 Å². The van der Waals surface area contributed by atoms with E-state index in [1.54, 1.807) is 6.07 Å². The van der Waals surface area contributed by atoms with Crippen LogP contribution in [0.2, 0.25) is 0 Å². The zero-order chi connectivity index (χ0) is 15.7. The lowest BCUT2D eigenvalue weighted by molar-refractivity contribution is 0.291. The Morgan fingerprint density at radius 2 is 2.10 bits per heavy atom. The van der Waals surface area contributed by atoms with Gasteiger partial charge in [-0.15, -0.1) is 0 Å². The lowest BCUT2D eigenvalue weighted by Gasteiger charge is -2.39. The summed E-state index contributed by atoms with van der Waals surface area (Å²) in [6.07, 6.45) is 3.73. The maximum atomic E-state index is 13.6. The summed E-state index contributed by atoms with van der Waals surface area (Å²) in [6, 6.07) is 1.61. The summed E-state index contributed by atoms with van der Waals surface area (Å²) < 4.78 is 13.6. The van der Waals surface area contributed by atoms with E-state index in [0.29, 0.717) is 12.0 Å². The van der Waals surface area contributed by atoms with E-state index in [2.05, 4.69) is 49.8 Å². The minimum Gasteiger partial charge on any atom is -0.356 e. The Kier molecular flexibility index (Phi) is 4.57. The van der Waals surface area contributed by atoms with Crippen molar-refractivity contribution in [3.05, 3.63) is 23.6 Å². The molecule has 2 rings (SSSR count). The SMILES string of the molecule is CC1(C)CCCN(c2ncc(F)cc2CNC(C)(C)C)C1. The summed E-state index contributed by atoms with van der Waals surface area (Å²) in [5.74, 6) is 0.668. The first-order valence-corrected chi connectivity index (χ1v) is 7.81. The molecule has 21 heavy (non-hydrogen) atoms. The highest BCUT2D eigenvalue weighted by molar-refractivity contribution is 5.47. The van der Waals surface area contributed by atoms with E-state index < -0.39 is 0 Å². The molecular weight excluding hydrogens is 265 g/mol. The fourth-order valence-electron chi connectivity index (χ4n) is 2.85. The first-order valence-electron chi connectivity index (χ1n) is 7.81.